The van der Waals surface area contributed by atoms with E-state index in [-0.39, 0.29) is 6.04 Å². The van der Waals surface area contributed by atoms with Gasteiger partial charge in [0.25, 0.3) is 0 Å². The molecule has 3 heterocycles. The lowest BCUT2D eigenvalue weighted by molar-refractivity contribution is 0.478. The minimum Gasteiger partial charge on any atom is -0.350 e. The number of hydrogen-bond acceptors (Lipinski definition) is 6. The van der Waals surface area contributed by atoms with Gasteiger partial charge in [-0.05, 0) is 51.4 Å². The molecule has 7 nitrogen and oxygen atoms in total. The number of benzene rings is 1. The Balaban J connectivity index is 1.73. The molecule has 4 rings (SSSR count). The number of nitrogens with one attached hydrogen (secondary N) is 3. The fourth-order valence-electron chi connectivity index (χ4n) is 3.31. The van der Waals surface area contributed by atoms with Crippen LogP contribution in [0.1, 0.15) is 32.7 Å². The van der Waals surface area contributed by atoms with Crippen LogP contribution < -0.4 is 16.0 Å². The monoisotopic (exact) mass is 385 g/mol. The van der Waals surface area contributed by atoms with E-state index >= 15 is 0 Å². The lowest BCUT2D eigenvalue weighted by Crippen LogP contribution is -2.38. The van der Waals surface area contributed by atoms with Gasteiger partial charge in [-0.25, -0.2) is 4.98 Å². The molecule has 142 valence electrons. The van der Waals surface area contributed by atoms with Gasteiger partial charge in [-0.3, -0.25) is 0 Å². The summed E-state index contributed by atoms with van der Waals surface area (Å²) in [5.74, 6) is 1.29. The van der Waals surface area contributed by atoms with Crippen molar-refractivity contribution in [3.63, 3.8) is 0 Å². The molecule has 27 heavy (non-hydrogen) atoms. The van der Waals surface area contributed by atoms with Gasteiger partial charge in [-0.1, -0.05) is 17.7 Å². The highest BCUT2D eigenvalue weighted by molar-refractivity contribution is 6.30. The second-order valence-electron chi connectivity index (χ2n) is 7.14. The molecule has 2 aromatic heterocycles. The van der Waals surface area contributed by atoms with Crippen molar-refractivity contribution in [3.05, 3.63) is 35.6 Å². The van der Waals surface area contributed by atoms with Crippen molar-refractivity contribution >= 4 is 40.2 Å². The van der Waals surface area contributed by atoms with Gasteiger partial charge in [0, 0.05) is 29.3 Å². The number of halogens is 1. The van der Waals surface area contributed by atoms with Crippen molar-refractivity contribution in [2.45, 2.75) is 38.8 Å². The molecule has 0 radical (unpaired) electrons. The van der Waals surface area contributed by atoms with E-state index in [4.69, 9.17) is 21.6 Å². The Morgan fingerprint density at radius 1 is 1.30 bits per heavy atom. The molecule has 1 atom stereocenters. The van der Waals surface area contributed by atoms with E-state index in [9.17, 15) is 0 Å². The van der Waals surface area contributed by atoms with E-state index in [1.165, 1.54) is 0 Å². The van der Waals surface area contributed by atoms with Gasteiger partial charge in [0.15, 0.2) is 17.0 Å². The first kappa shape index (κ1) is 18.0. The molecule has 1 aliphatic rings. The lowest BCUT2D eigenvalue weighted by Gasteiger charge is -2.24. The summed E-state index contributed by atoms with van der Waals surface area (Å²) in [6.45, 7) is 6.22. The highest BCUT2D eigenvalue weighted by Crippen LogP contribution is 2.27. The molecule has 0 unspecified atom stereocenters. The zero-order valence-electron chi connectivity index (χ0n) is 15.5. The van der Waals surface area contributed by atoms with Gasteiger partial charge in [0.2, 0.25) is 5.95 Å². The predicted molar refractivity (Wildman–Crippen MR) is 110 cm³/mol. The highest BCUT2D eigenvalue weighted by Gasteiger charge is 2.18. The van der Waals surface area contributed by atoms with Crippen LogP contribution in [0.4, 0.5) is 17.5 Å². The summed E-state index contributed by atoms with van der Waals surface area (Å²) in [5, 5.41) is 10.9. The normalized spacial score (nSPS) is 17.4. The average molecular weight is 386 g/mol. The van der Waals surface area contributed by atoms with Crippen LogP contribution in [-0.2, 0) is 0 Å². The second-order valence-corrected chi connectivity index (χ2v) is 7.57. The van der Waals surface area contributed by atoms with Crippen molar-refractivity contribution in [1.82, 2.24) is 24.8 Å². The zero-order valence-corrected chi connectivity index (χ0v) is 16.3. The van der Waals surface area contributed by atoms with E-state index in [2.05, 4.69) is 39.3 Å². The first-order chi connectivity index (χ1) is 13.1. The van der Waals surface area contributed by atoms with E-state index in [1.807, 2.05) is 30.6 Å². The van der Waals surface area contributed by atoms with Crippen molar-refractivity contribution in [1.29, 1.82) is 0 Å². The Hall–Kier alpha value is -2.38. The van der Waals surface area contributed by atoms with Gasteiger partial charge < -0.3 is 20.5 Å². The number of fused-ring (bicyclic) bond motifs is 1. The largest absolute Gasteiger partial charge is 0.350 e. The molecule has 0 bridgehead atoms. The summed E-state index contributed by atoms with van der Waals surface area (Å²) in [6, 6.07) is 8.16. The van der Waals surface area contributed by atoms with Gasteiger partial charge in [0.05, 0.1) is 6.33 Å². The fraction of sp³-hybridized carbons (Fsp3) is 0.421. The molecule has 0 aliphatic carbocycles. The third-order valence-electron chi connectivity index (χ3n) is 4.70. The van der Waals surface area contributed by atoms with E-state index < -0.39 is 0 Å². The summed E-state index contributed by atoms with van der Waals surface area (Å²) in [7, 11) is 0. The topological polar surface area (TPSA) is 79.7 Å². The molecule has 0 amide bonds. The summed E-state index contributed by atoms with van der Waals surface area (Å²) < 4.78 is 2.06. The number of aromatic nitrogens is 4. The maximum Gasteiger partial charge on any atom is 0.227 e. The maximum atomic E-state index is 6.12. The molecule has 1 saturated heterocycles. The smallest absolute Gasteiger partial charge is 0.227 e. The Kier molecular flexibility index (Phi) is 5.13. The first-order valence-electron chi connectivity index (χ1n) is 9.34. The SMILES string of the molecule is CC(C)n1cnc2c(Nc3cccc(Cl)c3)nc(N[C@@H]3CCCNC3)nc21. The van der Waals surface area contributed by atoms with Crippen LogP contribution in [0.2, 0.25) is 5.02 Å². The quantitative estimate of drug-likeness (QED) is 0.616. The fourth-order valence-corrected chi connectivity index (χ4v) is 3.50. The third-order valence-corrected chi connectivity index (χ3v) is 4.93. The summed E-state index contributed by atoms with van der Waals surface area (Å²) in [5.41, 5.74) is 2.43. The molecule has 1 fully saturated rings. The van der Waals surface area contributed by atoms with Crippen molar-refractivity contribution < 1.29 is 0 Å². The van der Waals surface area contributed by atoms with Gasteiger partial charge >= 0.3 is 0 Å². The van der Waals surface area contributed by atoms with Crippen LogP contribution in [-0.4, -0.2) is 38.7 Å². The van der Waals surface area contributed by atoms with Crippen LogP contribution in [0.5, 0.6) is 0 Å². The lowest BCUT2D eigenvalue weighted by atomic mass is 10.1. The zero-order chi connectivity index (χ0) is 18.8. The Morgan fingerprint density at radius 3 is 2.93 bits per heavy atom. The number of imidazole rings is 1. The van der Waals surface area contributed by atoms with Crippen molar-refractivity contribution in [2.24, 2.45) is 0 Å². The minimum absolute atomic E-state index is 0.258. The molecule has 3 N–H and O–H groups in total. The van der Waals surface area contributed by atoms with Gasteiger partial charge in [0.1, 0.15) is 0 Å². The molecular formula is C19H24ClN7. The molecule has 8 heteroatoms. The standard InChI is InChI=1S/C19H24ClN7/c1-12(2)27-11-22-16-17(23-14-6-3-5-13(20)9-14)25-19(26-18(16)27)24-15-7-4-8-21-10-15/h3,5-6,9,11-12,15,21H,4,7-8,10H2,1-2H3,(H2,23,24,25,26)/t15-/m1/s1. The minimum atomic E-state index is 0.258. The Bertz CT molecular complexity index is 931. The van der Waals surface area contributed by atoms with Crippen LogP contribution in [0.15, 0.2) is 30.6 Å². The van der Waals surface area contributed by atoms with Crippen molar-refractivity contribution in [3.8, 4) is 0 Å². The first-order valence-corrected chi connectivity index (χ1v) is 9.72. The second kappa shape index (κ2) is 7.70. The third kappa shape index (κ3) is 3.99. The van der Waals surface area contributed by atoms with Gasteiger partial charge in [-0.15, -0.1) is 0 Å². The van der Waals surface area contributed by atoms with E-state index in [1.54, 1.807) is 0 Å². The predicted octanol–water partition coefficient (Wildman–Crippen LogP) is 3.97. The van der Waals surface area contributed by atoms with Crippen LogP contribution >= 0.6 is 11.6 Å². The molecule has 0 spiro atoms. The van der Waals surface area contributed by atoms with Crippen LogP contribution in [0.25, 0.3) is 11.2 Å². The highest BCUT2D eigenvalue weighted by atomic mass is 35.5. The number of nitrogens with zero attached hydrogens (tertiary/aromatic N) is 4. The van der Waals surface area contributed by atoms with Crippen molar-refractivity contribution in [2.75, 3.05) is 23.7 Å². The van der Waals surface area contributed by atoms with Gasteiger partial charge in [-0.2, -0.15) is 9.97 Å². The Morgan fingerprint density at radius 2 is 2.19 bits per heavy atom. The number of hydrogen-bond donors (Lipinski definition) is 3. The van der Waals surface area contributed by atoms with Crippen LogP contribution in [0.3, 0.4) is 0 Å². The Labute approximate surface area is 163 Å². The number of rotatable bonds is 5. The van der Waals surface area contributed by atoms with E-state index in [0.717, 1.165) is 42.8 Å². The summed E-state index contributed by atoms with van der Waals surface area (Å²) in [6.07, 6.45) is 4.07. The average Bonchev–Trinajstić information content (AvgIpc) is 3.07. The summed E-state index contributed by atoms with van der Waals surface area (Å²) in [4.78, 5) is 14.0. The molecular weight excluding hydrogens is 362 g/mol. The maximum absolute atomic E-state index is 6.12. The summed E-state index contributed by atoms with van der Waals surface area (Å²) >= 11 is 6.12. The molecule has 0 saturated carbocycles. The molecule has 3 aromatic rings. The number of piperidine rings is 1. The van der Waals surface area contributed by atoms with Crippen LogP contribution in [0, 0.1) is 0 Å². The molecule has 1 aromatic carbocycles. The number of anilines is 3. The molecule has 1 aliphatic heterocycles. The van der Waals surface area contributed by atoms with E-state index in [0.29, 0.717) is 22.8 Å².